The van der Waals surface area contributed by atoms with Crippen molar-refractivity contribution in [1.82, 2.24) is 4.90 Å². The molecule has 1 aliphatic rings. The van der Waals surface area contributed by atoms with Gasteiger partial charge < -0.3 is 29.2 Å². The predicted molar refractivity (Wildman–Crippen MR) is 121 cm³/mol. The van der Waals surface area contributed by atoms with E-state index in [-0.39, 0.29) is 0 Å². The molecule has 0 radical (unpaired) electrons. The number of hydrogen-bond acceptors (Lipinski definition) is 7. The van der Waals surface area contributed by atoms with Crippen LogP contribution in [0.4, 0.5) is 0 Å². The van der Waals surface area contributed by atoms with Crippen molar-refractivity contribution in [3.8, 4) is 17.2 Å². The highest BCUT2D eigenvalue weighted by Gasteiger charge is 2.21. The molecule has 2 unspecified atom stereocenters. The highest BCUT2D eigenvalue weighted by molar-refractivity contribution is 6.27. The number of carbonyl (C=O) groups is 2. The summed E-state index contributed by atoms with van der Waals surface area (Å²) in [6.45, 7) is 8.90. The van der Waals surface area contributed by atoms with E-state index in [1.807, 2.05) is 54.6 Å². The molecule has 1 fully saturated rings. The summed E-state index contributed by atoms with van der Waals surface area (Å²) in [7, 11) is 0. The van der Waals surface area contributed by atoms with Crippen LogP contribution in [0.2, 0.25) is 0 Å². The van der Waals surface area contributed by atoms with E-state index in [0.717, 1.165) is 36.9 Å². The third-order valence-electron chi connectivity index (χ3n) is 4.51. The Hall–Kier alpha value is -3.14. The second-order valence-electron chi connectivity index (χ2n) is 7.48. The Morgan fingerprint density at radius 3 is 2.12 bits per heavy atom. The van der Waals surface area contributed by atoms with E-state index in [1.54, 1.807) is 0 Å². The molecule has 0 saturated carbocycles. The molecule has 33 heavy (non-hydrogen) atoms. The first-order chi connectivity index (χ1) is 15.8. The normalized spacial score (nSPS) is 18.0. The molecule has 0 spiro atoms. The number of carboxylic acids is 2. The molecule has 9 heteroatoms. The number of para-hydroxylation sites is 1. The summed E-state index contributed by atoms with van der Waals surface area (Å²) in [6, 6.07) is 17.4. The van der Waals surface area contributed by atoms with Gasteiger partial charge in [-0.15, -0.1) is 0 Å². The highest BCUT2D eigenvalue weighted by Crippen LogP contribution is 2.24. The molecule has 2 N–H and O–H groups in total. The first-order valence-corrected chi connectivity index (χ1v) is 10.7. The van der Waals surface area contributed by atoms with E-state index >= 15 is 0 Å². The molecule has 9 nitrogen and oxygen atoms in total. The highest BCUT2D eigenvalue weighted by atomic mass is 16.5. The van der Waals surface area contributed by atoms with E-state index in [1.165, 1.54) is 0 Å². The van der Waals surface area contributed by atoms with Gasteiger partial charge in [0.25, 0.3) is 0 Å². The van der Waals surface area contributed by atoms with Crippen molar-refractivity contribution in [2.75, 3.05) is 39.5 Å². The minimum Gasteiger partial charge on any atom is -0.491 e. The molecule has 2 atom stereocenters. The minimum absolute atomic E-state index is 0.294. The summed E-state index contributed by atoms with van der Waals surface area (Å²) in [5.74, 6) is -1.30. The monoisotopic (exact) mass is 461 g/mol. The average Bonchev–Trinajstić information content (AvgIpc) is 2.77. The Kier molecular flexibility index (Phi) is 11.2. The SMILES string of the molecule is CC1CN(CCOCCOc2cccc(Oc3ccccc3)c2)CC(C)O1.O=C(O)C(=O)O. The van der Waals surface area contributed by atoms with Crippen molar-refractivity contribution >= 4 is 11.9 Å². The van der Waals surface area contributed by atoms with E-state index in [0.29, 0.717) is 32.0 Å². The summed E-state index contributed by atoms with van der Waals surface area (Å²) in [5.41, 5.74) is 0. The van der Waals surface area contributed by atoms with Crippen molar-refractivity contribution in [3.05, 3.63) is 54.6 Å². The van der Waals surface area contributed by atoms with Gasteiger partial charge in [0.05, 0.1) is 25.4 Å². The van der Waals surface area contributed by atoms with Crippen LogP contribution in [0.1, 0.15) is 13.8 Å². The lowest BCUT2D eigenvalue weighted by atomic mass is 10.2. The van der Waals surface area contributed by atoms with Crippen molar-refractivity contribution in [1.29, 1.82) is 0 Å². The molecule has 0 amide bonds. The van der Waals surface area contributed by atoms with Crippen LogP contribution in [0.15, 0.2) is 54.6 Å². The van der Waals surface area contributed by atoms with Gasteiger partial charge in [0.1, 0.15) is 23.9 Å². The maximum atomic E-state index is 9.10. The van der Waals surface area contributed by atoms with Gasteiger partial charge in [0.15, 0.2) is 0 Å². The summed E-state index contributed by atoms with van der Waals surface area (Å²) in [6.07, 6.45) is 0.588. The van der Waals surface area contributed by atoms with Crippen LogP contribution in [-0.4, -0.2) is 78.7 Å². The molecule has 0 aliphatic carbocycles. The van der Waals surface area contributed by atoms with Gasteiger partial charge >= 0.3 is 11.9 Å². The molecule has 1 aliphatic heterocycles. The summed E-state index contributed by atoms with van der Waals surface area (Å²) >= 11 is 0. The van der Waals surface area contributed by atoms with Gasteiger partial charge in [-0.25, -0.2) is 9.59 Å². The first kappa shape index (κ1) is 26.1. The van der Waals surface area contributed by atoms with Crippen LogP contribution in [0.5, 0.6) is 17.2 Å². The Morgan fingerprint density at radius 1 is 0.879 bits per heavy atom. The smallest absolute Gasteiger partial charge is 0.414 e. The van der Waals surface area contributed by atoms with Crippen LogP contribution in [0, 0.1) is 0 Å². The van der Waals surface area contributed by atoms with Gasteiger partial charge in [-0.2, -0.15) is 0 Å². The zero-order chi connectivity index (χ0) is 24.1. The van der Waals surface area contributed by atoms with Gasteiger partial charge in [-0.1, -0.05) is 24.3 Å². The second-order valence-corrected chi connectivity index (χ2v) is 7.48. The summed E-state index contributed by atoms with van der Waals surface area (Å²) < 4.78 is 23.1. The number of ether oxygens (including phenoxy) is 4. The Labute approximate surface area is 193 Å². The summed E-state index contributed by atoms with van der Waals surface area (Å²) in [4.78, 5) is 20.6. The fourth-order valence-electron chi connectivity index (χ4n) is 3.23. The van der Waals surface area contributed by atoms with E-state index in [4.69, 9.17) is 38.7 Å². The molecule has 0 aromatic heterocycles. The number of aliphatic carboxylic acids is 2. The number of benzene rings is 2. The van der Waals surface area contributed by atoms with Crippen molar-refractivity contribution in [2.45, 2.75) is 26.1 Å². The lowest BCUT2D eigenvalue weighted by molar-refractivity contribution is -0.159. The lowest BCUT2D eigenvalue weighted by Gasteiger charge is -2.35. The fourth-order valence-corrected chi connectivity index (χ4v) is 3.23. The third-order valence-corrected chi connectivity index (χ3v) is 4.51. The van der Waals surface area contributed by atoms with E-state index in [9.17, 15) is 0 Å². The van der Waals surface area contributed by atoms with E-state index < -0.39 is 11.9 Å². The standard InChI is InChI=1S/C22H29NO4.C2H2O4/c1-18-16-23(17-19(2)26-18)11-12-24-13-14-25-21-9-6-10-22(15-21)27-20-7-4-3-5-8-20;3-1(4)2(5)6/h3-10,15,18-19H,11-14,16-17H2,1-2H3;(H,3,4)(H,5,6). The van der Waals surface area contributed by atoms with Crippen LogP contribution < -0.4 is 9.47 Å². The van der Waals surface area contributed by atoms with E-state index in [2.05, 4.69) is 18.7 Å². The van der Waals surface area contributed by atoms with Crippen LogP contribution >= 0.6 is 0 Å². The Morgan fingerprint density at radius 2 is 1.48 bits per heavy atom. The zero-order valence-electron chi connectivity index (χ0n) is 18.9. The summed E-state index contributed by atoms with van der Waals surface area (Å²) in [5, 5.41) is 14.8. The van der Waals surface area contributed by atoms with Crippen molar-refractivity contribution in [2.24, 2.45) is 0 Å². The van der Waals surface area contributed by atoms with Gasteiger partial charge in [0, 0.05) is 25.7 Å². The number of hydrogen-bond donors (Lipinski definition) is 2. The quantitative estimate of drug-likeness (QED) is 0.429. The molecular formula is C24H31NO8. The second kappa shape index (κ2) is 14.1. The maximum Gasteiger partial charge on any atom is 0.414 e. The zero-order valence-corrected chi connectivity index (χ0v) is 18.9. The molecule has 3 rings (SSSR count). The maximum absolute atomic E-state index is 9.10. The molecule has 180 valence electrons. The Balaban J connectivity index is 0.000000569. The van der Waals surface area contributed by atoms with Gasteiger partial charge in [-0.05, 0) is 38.1 Å². The number of morpholine rings is 1. The fraction of sp³-hybridized carbons (Fsp3) is 0.417. The van der Waals surface area contributed by atoms with Crippen molar-refractivity contribution < 1.29 is 38.7 Å². The minimum atomic E-state index is -1.82. The average molecular weight is 462 g/mol. The first-order valence-electron chi connectivity index (χ1n) is 10.7. The molecule has 0 bridgehead atoms. The third kappa shape index (κ3) is 10.8. The molecule has 1 saturated heterocycles. The lowest BCUT2D eigenvalue weighted by Crippen LogP contribution is -2.46. The van der Waals surface area contributed by atoms with Gasteiger partial charge in [0.2, 0.25) is 0 Å². The van der Waals surface area contributed by atoms with Crippen molar-refractivity contribution in [3.63, 3.8) is 0 Å². The number of carboxylic acid groups (broad SMARTS) is 2. The largest absolute Gasteiger partial charge is 0.491 e. The number of rotatable bonds is 9. The van der Waals surface area contributed by atoms with Crippen LogP contribution in [-0.2, 0) is 19.1 Å². The predicted octanol–water partition coefficient (Wildman–Crippen LogP) is 3.14. The molecule has 2 aromatic carbocycles. The van der Waals surface area contributed by atoms with Crippen LogP contribution in [0.25, 0.3) is 0 Å². The van der Waals surface area contributed by atoms with Crippen LogP contribution in [0.3, 0.4) is 0 Å². The Bertz CT molecular complexity index is 839. The molecular weight excluding hydrogens is 430 g/mol. The number of nitrogens with zero attached hydrogens (tertiary/aromatic N) is 1. The molecule has 1 heterocycles. The molecule has 2 aromatic rings. The topological polar surface area (TPSA) is 115 Å². The van der Waals surface area contributed by atoms with Gasteiger partial charge in [-0.3, -0.25) is 4.90 Å².